The minimum atomic E-state index is 0.250. The highest BCUT2D eigenvalue weighted by Gasteiger charge is 2.31. The van der Waals surface area contributed by atoms with Crippen molar-refractivity contribution >= 4 is 0 Å². The van der Waals surface area contributed by atoms with Crippen molar-refractivity contribution in [2.75, 3.05) is 27.2 Å². The molecule has 0 aliphatic carbocycles. The van der Waals surface area contributed by atoms with Crippen molar-refractivity contribution in [1.29, 1.82) is 0 Å². The summed E-state index contributed by atoms with van der Waals surface area (Å²) in [6.45, 7) is 5.76. The van der Waals surface area contributed by atoms with Crippen molar-refractivity contribution in [3.8, 4) is 11.5 Å². The number of likely N-dealkylation sites (tertiary alicyclic amines) is 1. The molecule has 1 aliphatic heterocycles. The van der Waals surface area contributed by atoms with E-state index in [1.807, 2.05) is 13.0 Å². The van der Waals surface area contributed by atoms with Crippen LogP contribution in [0.5, 0.6) is 11.5 Å². The highest BCUT2D eigenvalue weighted by molar-refractivity contribution is 5.53. The molecule has 0 radical (unpaired) electrons. The molecule has 2 rings (SSSR count). The summed E-state index contributed by atoms with van der Waals surface area (Å²) in [5.41, 5.74) is 9.08. The van der Waals surface area contributed by atoms with E-state index >= 15 is 0 Å². The number of nitrogens with zero attached hydrogens (tertiary/aromatic N) is 1. The van der Waals surface area contributed by atoms with Gasteiger partial charge in [0.2, 0.25) is 0 Å². The van der Waals surface area contributed by atoms with Crippen LogP contribution < -0.4 is 10.5 Å². The van der Waals surface area contributed by atoms with E-state index < -0.39 is 0 Å². The van der Waals surface area contributed by atoms with Crippen molar-refractivity contribution < 1.29 is 9.84 Å². The maximum Gasteiger partial charge on any atom is 0.161 e. The first-order chi connectivity index (χ1) is 8.99. The zero-order chi connectivity index (χ0) is 14.2. The van der Waals surface area contributed by atoms with Crippen LogP contribution in [0.3, 0.4) is 0 Å². The number of aromatic hydroxyl groups is 1. The topological polar surface area (TPSA) is 58.7 Å². The third-order valence-electron chi connectivity index (χ3n) is 4.42. The van der Waals surface area contributed by atoms with Crippen LogP contribution in [0.25, 0.3) is 0 Å². The SMILES string of the molecule is COc1cc(C2CC(CN)CN2C)c(C)c(C)c1O. The van der Waals surface area contributed by atoms with Crippen LogP contribution in [-0.4, -0.2) is 37.3 Å². The molecule has 106 valence electrons. The molecule has 0 amide bonds. The van der Waals surface area contributed by atoms with Gasteiger partial charge >= 0.3 is 0 Å². The van der Waals surface area contributed by atoms with Gasteiger partial charge in [-0.15, -0.1) is 0 Å². The molecule has 2 unspecified atom stereocenters. The fourth-order valence-corrected chi connectivity index (χ4v) is 3.04. The Bertz CT molecular complexity index is 474. The first-order valence-electron chi connectivity index (χ1n) is 6.76. The van der Waals surface area contributed by atoms with E-state index in [9.17, 15) is 5.11 Å². The molecule has 2 atom stereocenters. The molecular formula is C15H24N2O2. The van der Waals surface area contributed by atoms with Gasteiger partial charge in [0.05, 0.1) is 7.11 Å². The monoisotopic (exact) mass is 264 g/mol. The lowest BCUT2D eigenvalue weighted by Crippen LogP contribution is -2.21. The molecule has 1 aromatic carbocycles. The Morgan fingerprint density at radius 1 is 1.42 bits per heavy atom. The number of benzene rings is 1. The number of phenols is 1. The van der Waals surface area contributed by atoms with Gasteiger partial charge in [0, 0.05) is 12.6 Å². The van der Waals surface area contributed by atoms with Crippen molar-refractivity contribution in [3.05, 3.63) is 22.8 Å². The van der Waals surface area contributed by atoms with Gasteiger partial charge in [0.25, 0.3) is 0 Å². The number of methoxy groups -OCH3 is 1. The van der Waals surface area contributed by atoms with E-state index in [2.05, 4.69) is 18.9 Å². The van der Waals surface area contributed by atoms with Gasteiger partial charge in [0.15, 0.2) is 11.5 Å². The van der Waals surface area contributed by atoms with Crippen molar-refractivity contribution in [2.45, 2.75) is 26.3 Å². The third-order valence-corrected chi connectivity index (χ3v) is 4.42. The molecule has 1 heterocycles. The molecule has 19 heavy (non-hydrogen) atoms. The zero-order valence-electron chi connectivity index (χ0n) is 12.2. The number of hydrogen-bond acceptors (Lipinski definition) is 4. The summed E-state index contributed by atoms with van der Waals surface area (Å²) >= 11 is 0. The van der Waals surface area contributed by atoms with E-state index in [1.165, 1.54) is 5.56 Å². The van der Waals surface area contributed by atoms with Crippen molar-refractivity contribution in [1.82, 2.24) is 4.90 Å². The van der Waals surface area contributed by atoms with Gasteiger partial charge in [-0.1, -0.05) is 0 Å². The van der Waals surface area contributed by atoms with Gasteiger partial charge in [-0.25, -0.2) is 0 Å². The number of nitrogens with two attached hydrogens (primary N) is 1. The minimum absolute atomic E-state index is 0.250. The summed E-state index contributed by atoms with van der Waals surface area (Å²) in [6, 6.07) is 2.33. The third kappa shape index (κ3) is 2.42. The molecular weight excluding hydrogens is 240 g/mol. The fourth-order valence-electron chi connectivity index (χ4n) is 3.04. The first-order valence-corrected chi connectivity index (χ1v) is 6.76. The van der Waals surface area contributed by atoms with Gasteiger partial charge in [-0.2, -0.15) is 0 Å². The summed E-state index contributed by atoms with van der Waals surface area (Å²) < 4.78 is 5.28. The molecule has 0 saturated carbocycles. The van der Waals surface area contributed by atoms with Gasteiger partial charge < -0.3 is 15.6 Å². The van der Waals surface area contributed by atoms with Crippen molar-refractivity contribution in [2.24, 2.45) is 11.7 Å². The summed E-state index contributed by atoms with van der Waals surface area (Å²) in [5, 5.41) is 10.1. The molecule has 1 aliphatic rings. The van der Waals surface area contributed by atoms with E-state index in [0.717, 1.165) is 30.6 Å². The smallest absolute Gasteiger partial charge is 0.161 e. The Kier molecular flexibility index (Phi) is 4.02. The van der Waals surface area contributed by atoms with Crippen LogP contribution in [0.4, 0.5) is 0 Å². The Balaban J connectivity index is 2.42. The summed E-state index contributed by atoms with van der Waals surface area (Å²) in [7, 11) is 3.73. The number of rotatable bonds is 3. The van der Waals surface area contributed by atoms with Crippen LogP contribution in [-0.2, 0) is 0 Å². The molecule has 1 aromatic rings. The second-order valence-corrected chi connectivity index (χ2v) is 5.56. The van der Waals surface area contributed by atoms with E-state index in [-0.39, 0.29) is 5.75 Å². The Labute approximate surface area is 115 Å². The minimum Gasteiger partial charge on any atom is -0.504 e. The lowest BCUT2D eigenvalue weighted by molar-refractivity contribution is 0.310. The number of hydrogen-bond donors (Lipinski definition) is 2. The molecule has 4 heteroatoms. The quantitative estimate of drug-likeness (QED) is 0.876. The van der Waals surface area contributed by atoms with Crippen LogP contribution in [0.15, 0.2) is 6.07 Å². The number of ether oxygens (including phenoxy) is 1. The fraction of sp³-hybridized carbons (Fsp3) is 0.600. The second kappa shape index (κ2) is 5.39. The summed E-state index contributed by atoms with van der Waals surface area (Å²) in [6.07, 6.45) is 1.07. The Morgan fingerprint density at radius 3 is 2.63 bits per heavy atom. The van der Waals surface area contributed by atoms with Crippen LogP contribution in [0, 0.1) is 19.8 Å². The van der Waals surface area contributed by atoms with Gasteiger partial charge in [-0.3, -0.25) is 4.90 Å². The largest absolute Gasteiger partial charge is 0.504 e. The van der Waals surface area contributed by atoms with Crippen LogP contribution in [0.2, 0.25) is 0 Å². The standard InChI is InChI=1S/C15H24N2O2/c1-9-10(2)15(18)14(19-4)6-12(9)13-5-11(7-16)8-17(13)3/h6,11,13,18H,5,7-8,16H2,1-4H3. The maximum atomic E-state index is 10.1. The number of phenolic OH excluding ortho intramolecular Hbond substituents is 1. The van der Waals surface area contributed by atoms with Gasteiger partial charge in [-0.05, 0) is 62.5 Å². The van der Waals surface area contributed by atoms with E-state index in [4.69, 9.17) is 10.5 Å². The van der Waals surface area contributed by atoms with Crippen molar-refractivity contribution in [3.63, 3.8) is 0 Å². The Morgan fingerprint density at radius 2 is 2.11 bits per heavy atom. The van der Waals surface area contributed by atoms with Crippen LogP contribution >= 0.6 is 0 Å². The average molecular weight is 264 g/mol. The molecule has 4 nitrogen and oxygen atoms in total. The molecule has 1 fully saturated rings. The molecule has 1 saturated heterocycles. The lowest BCUT2D eigenvalue weighted by Gasteiger charge is -2.24. The molecule has 0 bridgehead atoms. The second-order valence-electron chi connectivity index (χ2n) is 5.56. The predicted octanol–water partition coefficient (Wildman–Crippen LogP) is 1.97. The van der Waals surface area contributed by atoms with Crippen LogP contribution in [0.1, 0.15) is 29.2 Å². The first kappa shape index (κ1) is 14.2. The normalized spacial score (nSPS) is 23.8. The maximum absolute atomic E-state index is 10.1. The van der Waals surface area contributed by atoms with Gasteiger partial charge in [0.1, 0.15) is 0 Å². The Hall–Kier alpha value is -1.26. The lowest BCUT2D eigenvalue weighted by atomic mass is 9.93. The average Bonchev–Trinajstić information content (AvgIpc) is 2.78. The zero-order valence-corrected chi connectivity index (χ0v) is 12.2. The summed E-state index contributed by atoms with van der Waals surface area (Å²) in [5.74, 6) is 1.36. The molecule has 0 aromatic heterocycles. The summed E-state index contributed by atoms with van der Waals surface area (Å²) in [4.78, 5) is 2.34. The van der Waals surface area contributed by atoms with E-state index in [0.29, 0.717) is 17.7 Å². The molecule has 3 N–H and O–H groups in total. The predicted molar refractivity (Wildman–Crippen MR) is 76.7 cm³/mol. The van der Waals surface area contributed by atoms with E-state index in [1.54, 1.807) is 7.11 Å². The highest BCUT2D eigenvalue weighted by Crippen LogP contribution is 2.41. The highest BCUT2D eigenvalue weighted by atomic mass is 16.5. The molecule has 0 spiro atoms.